The molecule has 1 saturated carbocycles. The third kappa shape index (κ3) is 3.26. The second-order valence-corrected chi connectivity index (χ2v) is 10.3. The fraction of sp³-hybridized carbons (Fsp3) is 0.545. The van der Waals surface area contributed by atoms with E-state index in [4.69, 9.17) is 22.3 Å². The number of halogens is 2. The highest BCUT2D eigenvalue weighted by Crippen LogP contribution is 2.48. The highest BCUT2D eigenvalue weighted by molar-refractivity contribution is 9.10. The van der Waals surface area contributed by atoms with Crippen molar-refractivity contribution in [3.63, 3.8) is 0 Å². The first-order chi connectivity index (χ1) is 14.8. The van der Waals surface area contributed by atoms with Crippen LogP contribution in [0.15, 0.2) is 26.5 Å². The number of hydrogen-bond acceptors (Lipinski definition) is 6. The number of hydrogen-bond donors (Lipinski definition) is 1. The summed E-state index contributed by atoms with van der Waals surface area (Å²) in [6.07, 6.45) is 6.14. The van der Waals surface area contributed by atoms with Crippen molar-refractivity contribution in [3.05, 3.63) is 49.1 Å². The van der Waals surface area contributed by atoms with Gasteiger partial charge in [-0.15, -0.1) is 0 Å². The summed E-state index contributed by atoms with van der Waals surface area (Å²) in [5, 5.41) is 0.344. The van der Waals surface area contributed by atoms with E-state index in [1.54, 1.807) is 17.8 Å². The molecule has 2 atom stereocenters. The van der Waals surface area contributed by atoms with Crippen LogP contribution in [0.5, 0.6) is 0 Å². The lowest BCUT2D eigenvalue weighted by atomic mass is 9.73. The van der Waals surface area contributed by atoms with E-state index in [0.29, 0.717) is 33.4 Å². The molecule has 7 nitrogen and oxygen atoms in total. The number of fused-ring (bicyclic) bond motifs is 1. The molecule has 2 aliphatic heterocycles. The smallest absolute Gasteiger partial charge is 0.264 e. The maximum Gasteiger partial charge on any atom is 0.264 e. The molecule has 0 radical (unpaired) electrons. The fourth-order valence-electron chi connectivity index (χ4n) is 5.52. The van der Waals surface area contributed by atoms with Crippen molar-refractivity contribution < 1.29 is 0 Å². The minimum absolute atomic E-state index is 0.0810. The van der Waals surface area contributed by atoms with Crippen LogP contribution in [-0.4, -0.2) is 39.4 Å². The normalized spacial score (nSPS) is 24.5. The van der Waals surface area contributed by atoms with E-state index in [2.05, 4.69) is 37.7 Å². The zero-order valence-corrected chi connectivity index (χ0v) is 20.1. The molecule has 1 saturated heterocycles. The molecule has 1 spiro atoms. The van der Waals surface area contributed by atoms with Gasteiger partial charge in [0, 0.05) is 37.9 Å². The van der Waals surface area contributed by atoms with Gasteiger partial charge in [-0.3, -0.25) is 14.4 Å². The lowest BCUT2D eigenvalue weighted by molar-refractivity contribution is 0.185. The van der Waals surface area contributed by atoms with Crippen molar-refractivity contribution in [2.45, 2.75) is 45.2 Å². The van der Waals surface area contributed by atoms with Gasteiger partial charge in [-0.1, -0.05) is 18.5 Å². The van der Waals surface area contributed by atoms with Gasteiger partial charge < -0.3 is 10.6 Å². The summed E-state index contributed by atoms with van der Waals surface area (Å²) in [4.78, 5) is 29.2. The predicted octanol–water partition coefficient (Wildman–Crippen LogP) is 3.29. The Bertz CT molecular complexity index is 1140. The van der Waals surface area contributed by atoms with Gasteiger partial charge in [-0.2, -0.15) is 0 Å². The van der Waals surface area contributed by atoms with E-state index in [1.165, 1.54) is 12.8 Å². The third-order valence-electron chi connectivity index (χ3n) is 7.53. The number of aliphatic imine (C=N–C) groups is 1. The first kappa shape index (κ1) is 21.1. The van der Waals surface area contributed by atoms with E-state index in [-0.39, 0.29) is 17.0 Å². The molecule has 2 N–H and O–H groups in total. The first-order valence-corrected chi connectivity index (χ1v) is 11.9. The molecule has 5 rings (SSSR count). The van der Waals surface area contributed by atoms with Crippen LogP contribution in [0.4, 0.5) is 5.95 Å². The highest BCUT2D eigenvalue weighted by Gasteiger charge is 2.46. The Labute approximate surface area is 194 Å². The van der Waals surface area contributed by atoms with Crippen molar-refractivity contribution >= 4 is 39.2 Å². The van der Waals surface area contributed by atoms with Gasteiger partial charge in [0.2, 0.25) is 5.95 Å². The Balaban J connectivity index is 1.45. The molecule has 0 amide bonds. The molecule has 2 fully saturated rings. The average Bonchev–Trinajstić information content (AvgIpc) is 3.31. The van der Waals surface area contributed by atoms with Crippen molar-refractivity contribution in [1.29, 1.82) is 0 Å². The maximum atomic E-state index is 13.4. The molecular formula is C22H26BrClN6O. The number of anilines is 1. The summed E-state index contributed by atoms with van der Waals surface area (Å²) in [5.41, 5.74) is 9.39. The summed E-state index contributed by atoms with van der Waals surface area (Å²) in [7, 11) is 1.79. The minimum Gasteiger partial charge on any atom is -0.342 e. The lowest BCUT2D eigenvalue weighted by Crippen LogP contribution is -2.49. The Kier molecular flexibility index (Phi) is 5.22. The number of aromatic nitrogens is 3. The van der Waals surface area contributed by atoms with Crippen molar-refractivity contribution in [2.24, 2.45) is 29.1 Å². The minimum atomic E-state index is -0.0810. The molecule has 3 aliphatic rings. The highest BCUT2D eigenvalue weighted by atomic mass is 79.9. The molecule has 0 aromatic carbocycles. The molecule has 1 aliphatic carbocycles. The molecular weight excluding hydrogens is 480 g/mol. The van der Waals surface area contributed by atoms with Gasteiger partial charge in [0.15, 0.2) is 0 Å². The SMILES string of the molecule is C[C@@H]1CCC2(CCN(c3nc4c(c(=O)n3C)C(c3ccnc(Cl)c3Br)=NC4)CC2)[C@@H]1N. The van der Waals surface area contributed by atoms with Gasteiger partial charge >= 0.3 is 0 Å². The second-order valence-electron chi connectivity index (χ2n) is 9.12. The van der Waals surface area contributed by atoms with Gasteiger partial charge in [0.05, 0.1) is 28.0 Å². The number of rotatable bonds is 2. The van der Waals surface area contributed by atoms with Crippen LogP contribution in [0, 0.1) is 11.3 Å². The van der Waals surface area contributed by atoms with Crippen molar-refractivity contribution in [1.82, 2.24) is 14.5 Å². The zero-order valence-electron chi connectivity index (χ0n) is 17.7. The summed E-state index contributed by atoms with van der Waals surface area (Å²) in [6, 6.07) is 2.08. The maximum absolute atomic E-state index is 13.4. The van der Waals surface area contributed by atoms with E-state index in [9.17, 15) is 4.79 Å². The number of nitrogens with zero attached hydrogens (tertiary/aromatic N) is 5. The molecule has 0 bridgehead atoms. The van der Waals surface area contributed by atoms with Crippen LogP contribution >= 0.6 is 27.5 Å². The predicted molar refractivity (Wildman–Crippen MR) is 126 cm³/mol. The van der Waals surface area contributed by atoms with Crippen molar-refractivity contribution in [3.8, 4) is 0 Å². The van der Waals surface area contributed by atoms with Crippen LogP contribution in [0.25, 0.3) is 0 Å². The van der Waals surface area contributed by atoms with Crippen LogP contribution in [-0.2, 0) is 13.6 Å². The Morgan fingerprint density at radius 1 is 1.29 bits per heavy atom. The Hall–Kier alpha value is -1.77. The quantitative estimate of drug-likeness (QED) is 0.633. The van der Waals surface area contributed by atoms with Crippen LogP contribution in [0.1, 0.15) is 49.4 Å². The topological polar surface area (TPSA) is 89.4 Å². The van der Waals surface area contributed by atoms with E-state index in [0.717, 1.165) is 43.1 Å². The van der Waals surface area contributed by atoms with Gasteiger partial charge in [0.1, 0.15) is 5.15 Å². The molecule has 31 heavy (non-hydrogen) atoms. The second kappa shape index (κ2) is 7.67. The number of nitrogens with two attached hydrogens (primary N) is 1. The lowest BCUT2D eigenvalue weighted by Gasteiger charge is -2.43. The standard InChI is InChI=1S/C22H26BrClN6O/c1-12-3-5-22(18(12)25)6-9-30(10-7-22)21-28-14-11-27-17(15(14)20(31)29(21)2)13-4-8-26-19(24)16(13)23/h4,8,12,18H,3,5-7,9-11,25H2,1-2H3/t12-,18-/m1/s1. The summed E-state index contributed by atoms with van der Waals surface area (Å²) >= 11 is 9.64. The van der Waals surface area contributed by atoms with Crippen LogP contribution < -0.4 is 16.2 Å². The molecule has 2 aromatic rings. The molecule has 2 aromatic heterocycles. The largest absolute Gasteiger partial charge is 0.342 e. The Morgan fingerprint density at radius 3 is 2.71 bits per heavy atom. The van der Waals surface area contributed by atoms with Crippen molar-refractivity contribution in [2.75, 3.05) is 18.0 Å². The van der Waals surface area contributed by atoms with Crippen LogP contribution in [0.2, 0.25) is 5.15 Å². The summed E-state index contributed by atoms with van der Waals surface area (Å²) < 4.78 is 2.30. The van der Waals surface area contributed by atoms with E-state index < -0.39 is 0 Å². The average molecular weight is 506 g/mol. The number of pyridine rings is 1. The van der Waals surface area contributed by atoms with Gasteiger partial charge in [-0.25, -0.2) is 9.97 Å². The Morgan fingerprint density at radius 2 is 2.03 bits per heavy atom. The molecule has 4 heterocycles. The molecule has 9 heteroatoms. The summed E-state index contributed by atoms with van der Waals surface area (Å²) in [5.74, 6) is 1.31. The van der Waals surface area contributed by atoms with E-state index in [1.807, 2.05) is 6.07 Å². The first-order valence-electron chi connectivity index (χ1n) is 10.8. The number of piperidine rings is 1. The third-order valence-corrected chi connectivity index (χ3v) is 8.84. The van der Waals surface area contributed by atoms with E-state index >= 15 is 0 Å². The van der Waals surface area contributed by atoms with Gasteiger partial charge in [-0.05, 0) is 59.0 Å². The monoisotopic (exact) mass is 504 g/mol. The zero-order chi connectivity index (χ0) is 21.9. The molecule has 164 valence electrons. The van der Waals surface area contributed by atoms with Crippen LogP contribution in [0.3, 0.4) is 0 Å². The summed E-state index contributed by atoms with van der Waals surface area (Å²) in [6.45, 7) is 4.40. The van der Waals surface area contributed by atoms with Gasteiger partial charge in [0.25, 0.3) is 5.56 Å². The molecule has 0 unspecified atom stereocenters. The fourth-order valence-corrected chi connectivity index (χ4v) is 6.10.